The molecule has 1 heterocycles. The van der Waals surface area contributed by atoms with Crippen molar-refractivity contribution in [2.75, 3.05) is 31.6 Å². The van der Waals surface area contributed by atoms with Gasteiger partial charge in [-0.2, -0.15) is 4.31 Å². The van der Waals surface area contributed by atoms with E-state index in [1.54, 1.807) is 12.1 Å². The van der Waals surface area contributed by atoms with Gasteiger partial charge in [0.05, 0.1) is 18.1 Å². The van der Waals surface area contributed by atoms with Gasteiger partial charge in [0.15, 0.2) is 6.10 Å². The number of sulfonamides is 1. The summed E-state index contributed by atoms with van der Waals surface area (Å²) in [7, 11) is -3.66. The Hall–Kier alpha value is -1.97. The van der Waals surface area contributed by atoms with Crippen molar-refractivity contribution in [2.24, 2.45) is 17.8 Å². The number of ether oxygens (including phenoxy) is 2. The third-order valence-corrected chi connectivity index (χ3v) is 8.59. The predicted molar refractivity (Wildman–Crippen MR) is 114 cm³/mol. The molecule has 1 amide bonds. The first-order valence-electron chi connectivity index (χ1n) is 11.0. The molecule has 170 valence electrons. The van der Waals surface area contributed by atoms with Crippen molar-refractivity contribution < 1.29 is 27.5 Å². The Morgan fingerprint density at radius 3 is 2.68 bits per heavy atom. The maximum absolute atomic E-state index is 12.8. The Morgan fingerprint density at radius 1 is 1.23 bits per heavy atom. The zero-order chi connectivity index (χ0) is 22.0. The average molecular weight is 451 g/mol. The van der Waals surface area contributed by atoms with Gasteiger partial charge in [-0.05, 0) is 62.1 Å². The molecule has 1 aliphatic heterocycles. The van der Waals surface area contributed by atoms with Crippen LogP contribution in [-0.4, -0.2) is 57.0 Å². The van der Waals surface area contributed by atoms with Gasteiger partial charge in [0, 0.05) is 25.2 Å². The molecule has 1 saturated heterocycles. The van der Waals surface area contributed by atoms with E-state index >= 15 is 0 Å². The molecule has 0 spiro atoms. The molecule has 0 aromatic heterocycles. The summed E-state index contributed by atoms with van der Waals surface area (Å²) >= 11 is 0. The second-order valence-corrected chi connectivity index (χ2v) is 10.7. The number of rotatable bonds is 7. The summed E-state index contributed by atoms with van der Waals surface area (Å²) in [6.07, 6.45) is 4.19. The molecule has 1 N–H and O–H groups in total. The molecular weight excluding hydrogens is 420 g/mol. The first-order chi connectivity index (χ1) is 14.8. The SMILES string of the molecule is C[C@H](OC(=O)C[C@H]1C[C@H]2CC[C@H]1C2)C(=O)Nc1cccc(S(=O)(=O)N2CCOCC2)c1. The Labute approximate surface area is 183 Å². The van der Waals surface area contributed by atoms with Gasteiger partial charge in [-0.15, -0.1) is 0 Å². The normalized spacial score (nSPS) is 27.1. The van der Waals surface area contributed by atoms with Crippen LogP contribution >= 0.6 is 0 Å². The second-order valence-electron chi connectivity index (χ2n) is 8.80. The van der Waals surface area contributed by atoms with Crippen molar-refractivity contribution >= 4 is 27.6 Å². The van der Waals surface area contributed by atoms with E-state index in [4.69, 9.17) is 9.47 Å². The van der Waals surface area contributed by atoms with Crippen LogP contribution in [0.1, 0.15) is 39.0 Å². The minimum Gasteiger partial charge on any atom is -0.453 e. The van der Waals surface area contributed by atoms with Crippen LogP contribution < -0.4 is 5.32 Å². The van der Waals surface area contributed by atoms with Crippen molar-refractivity contribution in [1.29, 1.82) is 0 Å². The van der Waals surface area contributed by atoms with Gasteiger partial charge in [-0.1, -0.05) is 12.5 Å². The number of nitrogens with one attached hydrogen (secondary N) is 1. The van der Waals surface area contributed by atoms with Crippen LogP contribution in [0.3, 0.4) is 0 Å². The molecule has 4 atom stereocenters. The number of morpholine rings is 1. The number of nitrogens with zero attached hydrogens (tertiary/aromatic N) is 1. The fourth-order valence-corrected chi connectivity index (χ4v) is 6.51. The van der Waals surface area contributed by atoms with E-state index in [1.165, 1.54) is 42.6 Å². The van der Waals surface area contributed by atoms with Gasteiger partial charge in [0.1, 0.15) is 0 Å². The summed E-state index contributed by atoms with van der Waals surface area (Å²) in [5, 5.41) is 2.66. The van der Waals surface area contributed by atoms with Crippen molar-refractivity contribution in [1.82, 2.24) is 4.31 Å². The molecule has 8 nitrogen and oxygen atoms in total. The largest absolute Gasteiger partial charge is 0.453 e. The number of benzene rings is 1. The van der Waals surface area contributed by atoms with E-state index in [0.717, 1.165) is 12.3 Å². The number of esters is 1. The Kier molecular flexibility index (Phi) is 6.64. The van der Waals surface area contributed by atoms with Gasteiger partial charge >= 0.3 is 5.97 Å². The van der Waals surface area contributed by atoms with Gasteiger partial charge in [0.2, 0.25) is 10.0 Å². The number of anilines is 1. The summed E-state index contributed by atoms with van der Waals surface area (Å²) in [6.45, 7) is 2.85. The lowest BCUT2D eigenvalue weighted by molar-refractivity contribution is -0.154. The van der Waals surface area contributed by atoms with Gasteiger partial charge in [-0.25, -0.2) is 8.42 Å². The average Bonchev–Trinajstić information content (AvgIpc) is 3.37. The maximum Gasteiger partial charge on any atom is 0.306 e. The molecule has 3 fully saturated rings. The fraction of sp³-hybridized carbons (Fsp3) is 0.636. The highest BCUT2D eigenvalue weighted by Gasteiger charge is 2.40. The minimum absolute atomic E-state index is 0.105. The van der Waals surface area contributed by atoms with E-state index in [0.29, 0.717) is 50.2 Å². The maximum atomic E-state index is 12.8. The first kappa shape index (κ1) is 22.2. The predicted octanol–water partition coefficient (Wildman–Crippen LogP) is 2.40. The van der Waals surface area contributed by atoms with Crippen LogP contribution in [0.5, 0.6) is 0 Å². The molecule has 0 radical (unpaired) electrons. The molecule has 9 heteroatoms. The van der Waals surface area contributed by atoms with Crippen molar-refractivity contribution in [3.63, 3.8) is 0 Å². The Morgan fingerprint density at radius 2 is 2.00 bits per heavy atom. The zero-order valence-electron chi connectivity index (χ0n) is 17.8. The highest BCUT2D eigenvalue weighted by Crippen LogP contribution is 2.49. The lowest BCUT2D eigenvalue weighted by Gasteiger charge is -2.26. The monoisotopic (exact) mass is 450 g/mol. The van der Waals surface area contributed by atoms with E-state index in [9.17, 15) is 18.0 Å². The van der Waals surface area contributed by atoms with Gasteiger partial charge in [0.25, 0.3) is 5.91 Å². The third kappa shape index (κ3) is 5.10. The molecule has 3 aliphatic rings. The summed E-state index contributed by atoms with van der Waals surface area (Å²) in [4.78, 5) is 24.9. The van der Waals surface area contributed by atoms with E-state index in [-0.39, 0.29) is 10.9 Å². The van der Waals surface area contributed by atoms with Crippen LogP contribution in [0.2, 0.25) is 0 Å². The van der Waals surface area contributed by atoms with Crippen molar-refractivity contribution in [2.45, 2.75) is 50.0 Å². The van der Waals surface area contributed by atoms with Crippen LogP contribution in [0.25, 0.3) is 0 Å². The second kappa shape index (κ2) is 9.26. The number of fused-ring (bicyclic) bond motifs is 2. The lowest BCUT2D eigenvalue weighted by Crippen LogP contribution is -2.40. The first-order valence-corrected chi connectivity index (χ1v) is 12.4. The Bertz CT molecular complexity index is 928. The van der Waals surface area contributed by atoms with Gasteiger partial charge < -0.3 is 14.8 Å². The lowest BCUT2D eigenvalue weighted by atomic mass is 9.86. The molecule has 2 aliphatic carbocycles. The number of carbonyl (C=O) groups is 2. The summed E-state index contributed by atoms with van der Waals surface area (Å²) in [5.41, 5.74) is 0.343. The minimum atomic E-state index is -3.66. The molecule has 31 heavy (non-hydrogen) atoms. The number of hydrogen-bond acceptors (Lipinski definition) is 6. The van der Waals surface area contributed by atoms with Crippen molar-refractivity contribution in [3.8, 4) is 0 Å². The standard InChI is InChI=1S/C22H30N2O6S/c1-15(30-21(25)13-18-12-16-5-6-17(18)11-16)22(26)23-19-3-2-4-20(14-19)31(27,28)24-7-9-29-10-8-24/h2-4,14-18H,5-13H2,1H3,(H,23,26)/t15-,16-,17-,18+/m0/s1. The molecule has 1 aromatic rings. The molecule has 4 rings (SSSR count). The Balaban J connectivity index is 1.32. The number of carbonyl (C=O) groups excluding carboxylic acids is 2. The summed E-state index contributed by atoms with van der Waals surface area (Å²) < 4.78 is 37.6. The van der Waals surface area contributed by atoms with Crippen LogP contribution in [0.4, 0.5) is 5.69 Å². The van der Waals surface area contributed by atoms with Gasteiger partial charge in [-0.3, -0.25) is 9.59 Å². The van der Waals surface area contributed by atoms with Crippen molar-refractivity contribution in [3.05, 3.63) is 24.3 Å². The fourth-order valence-electron chi connectivity index (χ4n) is 5.05. The zero-order valence-corrected chi connectivity index (χ0v) is 18.6. The summed E-state index contributed by atoms with van der Waals surface area (Å²) in [6, 6.07) is 6.11. The molecule has 2 saturated carbocycles. The van der Waals surface area contributed by atoms with E-state index < -0.39 is 22.0 Å². The molecular formula is C22H30N2O6S. The van der Waals surface area contributed by atoms with Crippen LogP contribution in [0.15, 0.2) is 29.2 Å². The van der Waals surface area contributed by atoms with Crippen LogP contribution in [-0.2, 0) is 29.1 Å². The highest BCUT2D eigenvalue weighted by molar-refractivity contribution is 7.89. The highest BCUT2D eigenvalue weighted by atomic mass is 32.2. The molecule has 1 aromatic carbocycles. The smallest absolute Gasteiger partial charge is 0.306 e. The summed E-state index contributed by atoms with van der Waals surface area (Å²) in [5.74, 6) is 0.928. The van der Waals surface area contributed by atoms with E-state index in [1.807, 2.05) is 0 Å². The molecule has 2 bridgehead atoms. The number of hydrogen-bond donors (Lipinski definition) is 1. The topological polar surface area (TPSA) is 102 Å². The quantitative estimate of drug-likeness (QED) is 0.640. The number of amides is 1. The van der Waals surface area contributed by atoms with E-state index in [2.05, 4.69) is 5.32 Å². The molecule has 0 unspecified atom stereocenters. The van der Waals surface area contributed by atoms with Crippen LogP contribution in [0, 0.1) is 17.8 Å². The third-order valence-electron chi connectivity index (χ3n) is 6.70.